The molecule has 0 unspecified atom stereocenters. The van der Waals surface area contributed by atoms with Crippen LogP contribution in [0.25, 0.3) is 27.8 Å². The van der Waals surface area contributed by atoms with Gasteiger partial charge in [0.05, 0.1) is 18.1 Å². The second-order valence-corrected chi connectivity index (χ2v) is 7.64. The molecule has 6 heteroatoms. The van der Waals surface area contributed by atoms with Crippen molar-refractivity contribution in [2.24, 2.45) is 0 Å². The first-order valence-corrected chi connectivity index (χ1v) is 10.8. The number of ether oxygens (including phenoxy) is 2. The Balaban J connectivity index is 1.60. The third-order valence-electron chi connectivity index (χ3n) is 5.61. The van der Waals surface area contributed by atoms with E-state index in [0.29, 0.717) is 6.61 Å². The number of hydrogen-bond acceptors (Lipinski definition) is 5. The van der Waals surface area contributed by atoms with Gasteiger partial charge in [0.2, 0.25) is 0 Å². The monoisotopic (exact) mass is 414 g/mol. The predicted molar refractivity (Wildman–Crippen MR) is 123 cm³/mol. The van der Waals surface area contributed by atoms with E-state index in [0.717, 1.165) is 65.4 Å². The molecule has 4 aromatic rings. The van der Waals surface area contributed by atoms with Crippen molar-refractivity contribution >= 4 is 16.9 Å². The van der Waals surface area contributed by atoms with Gasteiger partial charge in [0.25, 0.3) is 0 Å². The van der Waals surface area contributed by atoms with Crippen LogP contribution < -0.4 is 10.1 Å². The molecule has 31 heavy (non-hydrogen) atoms. The van der Waals surface area contributed by atoms with Crippen LogP contribution in [-0.4, -0.2) is 40.4 Å². The highest BCUT2D eigenvalue weighted by Crippen LogP contribution is 2.35. The van der Waals surface area contributed by atoms with Crippen molar-refractivity contribution in [3.05, 3.63) is 67.1 Å². The molecule has 0 radical (unpaired) electrons. The van der Waals surface area contributed by atoms with Gasteiger partial charge in [-0.1, -0.05) is 30.3 Å². The normalized spacial score (nSPS) is 16.0. The maximum Gasteiger partial charge on any atom is 0.150 e. The van der Waals surface area contributed by atoms with Crippen LogP contribution in [-0.2, 0) is 4.74 Å². The third-order valence-corrected chi connectivity index (χ3v) is 5.61. The van der Waals surface area contributed by atoms with Crippen LogP contribution in [0.3, 0.4) is 0 Å². The van der Waals surface area contributed by atoms with Gasteiger partial charge in [-0.05, 0) is 49.6 Å². The molecule has 0 amide bonds. The fourth-order valence-electron chi connectivity index (χ4n) is 4.11. The highest BCUT2D eigenvalue weighted by Gasteiger charge is 2.20. The molecular weight excluding hydrogens is 388 g/mol. The number of aromatic nitrogens is 3. The van der Waals surface area contributed by atoms with Gasteiger partial charge in [0, 0.05) is 30.6 Å². The van der Waals surface area contributed by atoms with Crippen molar-refractivity contribution in [3.63, 3.8) is 0 Å². The lowest BCUT2D eigenvalue weighted by Gasteiger charge is -2.13. The van der Waals surface area contributed by atoms with Crippen molar-refractivity contribution in [2.75, 3.05) is 25.1 Å². The van der Waals surface area contributed by atoms with Crippen LogP contribution in [0, 0.1) is 0 Å². The van der Waals surface area contributed by atoms with E-state index in [9.17, 15) is 0 Å². The minimum Gasteiger partial charge on any atom is -0.494 e. The lowest BCUT2D eigenvalue weighted by molar-refractivity contribution is 0.120. The molecule has 0 bridgehead atoms. The average Bonchev–Trinajstić information content (AvgIpc) is 3.47. The number of benzene rings is 2. The number of nitrogens with zero attached hydrogens (tertiary/aromatic N) is 3. The van der Waals surface area contributed by atoms with Crippen LogP contribution >= 0.6 is 0 Å². The topological polar surface area (TPSA) is 61.2 Å². The molecule has 158 valence electrons. The molecule has 0 aliphatic carbocycles. The van der Waals surface area contributed by atoms with Crippen molar-refractivity contribution < 1.29 is 9.47 Å². The Bertz CT molecular complexity index is 1150. The molecule has 6 nitrogen and oxygen atoms in total. The summed E-state index contributed by atoms with van der Waals surface area (Å²) in [6.07, 6.45) is 6.20. The minimum absolute atomic E-state index is 0.235. The maximum atomic E-state index is 5.78. The lowest BCUT2D eigenvalue weighted by Crippen LogP contribution is -2.19. The van der Waals surface area contributed by atoms with Gasteiger partial charge >= 0.3 is 0 Å². The molecule has 2 aromatic carbocycles. The minimum atomic E-state index is 0.235. The second-order valence-electron chi connectivity index (χ2n) is 7.64. The number of nitrogens with one attached hydrogen (secondary N) is 1. The van der Waals surface area contributed by atoms with Gasteiger partial charge in [0.15, 0.2) is 5.65 Å². The van der Waals surface area contributed by atoms with Crippen LogP contribution in [0.5, 0.6) is 5.75 Å². The highest BCUT2D eigenvalue weighted by molar-refractivity contribution is 6.02. The number of anilines is 1. The summed E-state index contributed by atoms with van der Waals surface area (Å²) in [6, 6.07) is 18.5. The Morgan fingerprint density at radius 2 is 1.94 bits per heavy atom. The van der Waals surface area contributed by atoms with Crippen LogP contribution in [0.15, 0.2) is 67.1 Å². The zero-order chi connectivity index (χ0) is 21.0. The summed E-state index contributed by atoms with van der Waals surface area (Å²) in [5, 5.41) is 4.54. The molecule has 3 heterocycles. The molecule has 2 aromatic heterocycles. The summed E-state index contributed by atoms with van der Waals surface area (Å²) in [7, 11) is 0. The van der Waals surface area contributed by atoms with Gasteiger partial charge < -0.3 is 19.4 Å². The Kier molecular flexibility index (Phi) is 5.54. The Morgan fingerprint density at radius 1 is 1.10 bits per heavy atom. The van der Waals surface area contributed by atoms with Gasteiger partial charge in [-0.2, -0.15) is 0 Å². The molecule has 1 saturated heterocycles. The first kappa shape index (κ1) is 19.6. The Hall–Kier alpha value is -3.38. The summed E-state index contributed by atoms with van der Waals surface area (Å²) in [6.45, 7) is 4.22. The van der Waals surface area contributed by atoms with Gasteiger partial charge in [-0.3, -0.25) is 0 Å². The molecule has 5 rings (SSSR count). The summed E-state index contributed by atoms with van der Waals surface area (Å²) >= 11 is 0. The summed E-state index contributed by atoms with van der Waals surface area (Å²) in [4.78, 5) is 9.24. The summed E-state index contributed by atoms with van der Waals surface area (Å²) < 4.78 is 13.5. The third kappa shape index (κ3) is 3.99. The van der Waals surface area contributed by atoms with E-state index in [1.54, 1.807) is 6.33 Å². The highest BCUT2D eigenvalue weighted by atomic mass is 16.5. The molecule has 1 fully saturated rings. The van der Waals surface area contributed by atoms with E-state index in [1.807, 2.05) is 25.1 Å². The first-order chi connectivity index (χ1) is 15.3. The lowest BCUT2D eigenvalue weighted by atomic mass is 10.1. The zero-order valence-corrected chi connectivity index (χ0v) is 17.6. The fraction of sp³-hybridized carbons (Fsp3) is 0.280. The van der Waals surface area contributed by atoms with Crippen molar-refractivity contribution in [1.82, 2.24) is 14.5 Å². The SMILES string of the molecule is CCOc1ccc(-n2cc(-c3ccccc3)c3c(NC[C@@H]4CCCO4)ncnc32)cc1. The molecule has 1 N–H and O–H groups in total. The molecule has 1 aliphatic heterocycles. The summed E-state index contributed by atoms with van der Waals surface area (Å²) in [5.41, 5.74) is 4.12. The fourth-order valence-corrected chi connectivity index (χ4v) is 4.11. The van der Waals surface area contributed by atoms with Crippen LogP contribution in [0.1, 0.15) is 19.8 Å². The molecule has 1 aliphatic rings. The number of fused-ring (bicyclic) bond motifs is 1. The quantitative estimate of drug-likeness (QED) is 0.457. The Morgan fingerprint density at radius 3 is 2.68 bits per heavy atom. The molecular formula is C25H26N4O2. The molecule has 0 saturated carbocycles. The predicted octanol–water partition coefficient (Wildman–Crippen LogP) is 5.08. The van der Waals surface area contributed by atoms with Crippen molar-refractivity contribution in [3.8, 4) is 22.6 Å². The number of rotatable bonds is 7. The molecule has 1 atom stereocenters. The maximum absolute atomic E-state index is 5.78. The van der Waals surface area contributed by atoms with E-state index >= 15 is 0 Å². The van der Waals surface area contributed by atoms with E-state index in [1.165, 1.54) is 0 Å². The standard InChI is InChI=1S/C25H26N4O2/c1-2-30-20-12-10-19(11-13-20)29-16-22(18-7-4-3-5-8-18)23-24(27-17-28-25(23)29)26-15-21-9-6-14-31-21/h3-5,7-8,10-13,16-17,21H,2,6,9,14-15H2,1H3,(H,26,27,28)/t21-/m0/s1. The first-order valence-electron chi connectivity index (χ1n) is 10.8. The van der Waals surface area contributed by atoms with Crippen molar-refractivity contribution in [1.29, 1.82) is 0 Å². The molecule has 0 spiro atoms. The van der Waals surface area contributed by atoms with Crippen LogP contribution in [0.4, 0.5) is 5.82 Å². The van der Waals surface area contributed by atoms with E-state index in [-0.39, 0.29) is 6.10 Å². The van der Waals surface area contributed by atoms with E-state index in [4.69, 9.17) is 9.47 Å². The van der Waals surface area contributed by atoms with Crippen molar-refractivity contribution in [2.45, 2.75) is 25.9 Å². The second kappa shape index (κ2) is 8.78. The smallest absolute Gasteiger partial charge is 0.150 e. The zero-order valence-electron chi connectivity index (χ0n) is 17.6. The van der Waals surface area contributed by atoms with E-state index < -0.39 is 0 Å². The largest absolute Gasteiger partial charge is 0.494 e. The van der Waals surface area contributed by atoms with Gasteiger partial charge in [0.1, 0.15) is 17.9 Å². The number of hydrogen-bond donors (Lipinski definition) is 1. The average molecular weight is 415 g/mol. The van der Waals surface area contributed by atoms with E-state index in [2.05, 4.69) is 62.4 Å². The Labute approximate surface area is 181 Å². The summed E-state index contributed by atoms with van der Waals surface area (Å²) in [5.74, 6) is 1.70. The van der Waals surface area contributed by atoms with Gasteiger partial charge in [-0.15, -0.1) is 0 Å². The van der Waals surface area contributed by atoms with Gasteiger partial charge in [-0.25, -0.2) is 9.97 Å². The van der Waals surface area contributed by atoms with Crippen LogP contribution in [0.2, 0.25) is 0 Å².